The Hall–Kier alpha value is -0.370. The Kier molecular flexibility index (Phi) is 7.50. The molecular formula is C15H22BrF. The predicted molar refractivity (Wildman–Crippen MR) is 76.2 cm³/mol. The van der Waals surface area contributed by atoms with E-state index in [4.69, 9.17) is 0 Å². The van der Waals surface area contributed by atoms with E-state index in [9.17, 15) is 4.39 Å². The van der Waals surface area contributed by atoms with E-state index in [0.29, 0.717) is 4.83 Å². The van der Waals surface area contributed by atoms with Crippen LogP contribution in [0.3, 0.4) is 0 Å². The third-order valence-corrected chi connectivity index (χ3v) is 3.77. The van der Waals surface area contributed by atoms with Gasteiger partial charge >= 0.3 is 0 Å². The number of hydrogen-bond donors (Lipinski definition) is 0. The predicted octanol–water partition coefficient (Wildman–Crippen LogP) is 5.49. The molecule has 0 heterocycles. The van der Waals surface area contributed by atoms with Gasteiger partial charge in [0.15, 0.2) is 0 Å². The van der Waals surface area contributed by atoms with E-state index in [-0.39, 0.29) is 5.82 Å². The molecule has 1 rings (SSSR count). The first-order valence-electron chi connectivity index (χ1n) is 6.61. The molecule has 96 valence electrons. The minimum Gasteiger partial charge on any atom is -0.207 e. The van der Waals surface area contributed by atoms with Crippen LogP contribution in [-0.4, -0.2) is 4.83 Å². The van der Waals surface area contributed by atoms with Crippen LogP contribution in [0.2, 0.25) is 0 Å². The molecule has 1 aromatic carbocycles. The molecule has 0 amide bonds. The average Bonchev–Trinajstić information content (AvgIpc) is 2.32. The molecule has 1 unspecified atom stereocenters. The molecule has 1 atom stereocenters. The second-order valence-corrected chi connectivity index (χ2v) is 5.93. The van der Waals surface area contributed by atoms with Gasteiger partial charge in [0, 0.05) is 4.83 Å². The van der Waals surface area contributed by atoms with E-state index >= 15 is 0 Å². The molecule has 0 N–H and O–H groups in total. The number of halogens is 2. The summed E-state index contributed by atoms with van der Waals surface area (Å²) >= 11 is 3.71. The summed E-state index contributed by atoms with van der Waals surface area (Å²) in [5.41, 5.74) is 1.21. The number of hydrogen-bond acceptors (Lipinski definition) is 0. The number of alkyl halides is 1. The first-order valence-corrected chi connectivity index (χ1v) is 7.52. The maximum absolute atomic E-state index is 12.7. The van der Waals surface area contributed by atoms with E-state index in [2.05, 4.69) is 22.9 Å². The van der Waals surface area contributed by atoms with Crippen LogP contribution in [0.25, 0.3) is 0 Å². The van der Waals surface area contributed by atoms with Crippen molar-refractivity contribution in [1.29, 1.82) is 0 Å². The van der Waals surface area contributed by atoms with Crippen molar-refractivity contribution in [1.82, 2.24) is 0 Å². The fourth-order valence-corrected chi connectivity index (χ4v) is 2.65. The first-order chi connectivity index (χ1) is 8.22. The summed E-state index contributed by atoms with van der Waals surface area (Å²) in [5, 5.41) is 0. The molecule has 0 aliphatic rings. The fourth-order valence-electron chi connectivity index (χ4n) is 1.95. The summed E-state index contributed by atoms with van der Waals surface area (Å²) < 4.78 is 12.7. The maximum atomic E-state index is 12.7. The quantitative estimate of drug-likeness (QED) is 0.440. The van der Waals surface area contributed by atoms with Crippen molar-refractivity contribution in [2.45, 2.75) is 56.7 Å². The summed E-state index contributed by atoms with van der Waals surface area (Å²) in [4.78, 5) is 0.523. The summed E-state index contributed by atoms with van der Waals surface area (Å²) in [6, 6.07) is 6.83. The summed E-state index contributed by atoms with van der Waals surface area (Å²) in [6.07, 6.45) is 8.83. The van der Waals surface area contributed by atoms with Gasteiger partial charge in [-0.25, -0.2) is 4.39 Å². The molecule has 0 aromatic heterocycles. The molecular weight excluding hydrogens is 279 g/mol. The van der Waals surface area contributed by atoms with Gasteiger partial charge in [-0.1, -0.05) is 67.1 Å². The summed E-state index contributed by atoms with van der Waals surface area (Å²) in [5.74, 6) is -0.153. The fraction of sp³-hybridized carbons (Fsp3) is 0.600. The molecule has 0 radical (unpaired) electrons. The van der Waals surface area contributed by atoms with Gasteiger partial charge < -0.3 is 0 Å². The molecule has 0 saturated carbocycles. The smallest absolute Gasteiger partial charge is 0.123 e. The maximum Gasteiger partial charge on any atom is 0.123 e. The monoisotopic (exact) mass is 300 g/mol. The highest BCUT2D eigenvalue weighted by molar-refractivity contribution is 9.09. The molecule has 17 heavy (non-hydrogen) atoms. The van der Waals surface area contributed by atoms with Crippen LogP contribution in [0.15, 0.2) is 24.3 Å². The van der Waals surface area contributed by atoms with Crippen molar-refractivity contribution in [3.05, 3.63) is 35.6 Å². The second-order valence-electron chi connectivity index (χ2n) is 4.63. The van der Waals surface area contributed by atoms with E-state index < -0.39 is 0 Å². The summed E-state index contributed by atoms with van der Waals surface area (Å²) in [6.45, 7) is 2.24. The Morgan fingerprint density at radius 3 is 2.35 bits per heavy atom. The molecule has 0 spiro atoms. The SMILES string of the molecule is CCCCCCCC(Br)Cc1ccc(F)cc1. The topological polar surface area (TPSA) is 0 Å². The van der Waals surface area contributed by atoms with Gasteiger partial charge in [-0.15, -0.1) is 0 Å². The summed E-state index contributed by atoms with van der Waals surface area (Å²) in [7, 11) is 0. The van der Waals surface area contributed by atoms with Crippen molar-refractivity contribution in [3.8, 4) is 0 Å². The number of rotatable bonds is 8. The standard InChI is InChI=1S/C15H22BrF/c1-2-3-4-5-6-7-14(16)12-13-8-10-15(17)11-9-13/h8-11,14H,2-7,12H2,1H3. The Labute approximate surface area is 113 Å². The van der Waals surface area contributed by atoms with Gasteiger partial charge in [0.25, 0.3) is 0 Å². The Morgan fingerprint density at radius 2 is 1.71 bits per heavy atom. The van der Waals surface area contributed by atoms with Crippen molar-refractivity contribution >= 4 is 15.9 Å². The van der Waals surface area contributed by atoms with Crippen LogP contribution in [0, 0.1) is 5.82 Å². The van der Waals surface area contributed by atoms with Crippen molar-refractivity contribution in [2.24, 2.45) is 0 Å². The molecule has 0 bridgehead atoms. The van der Waals surface area contributed by atoms with Gasteiger partial charge in [0.2, 0.25) is 0 Å². The van der Waals surface area contributed by atoms with Gasteiger partial charge in [-0.3, -0.25) is 0 Å². The molecule has 0 nitrogen and oxygen atoms in total. The Bertz CT molecular complexity index is 294. The van der Waals surface area contributed by atoms with Crippen LogP contribution in [0.4, 0.5) is 4.39 Å². The van der Waals surface area contributed by atoms with E-state index in [1.165, 1.54) is 56.2 Å². The lowest BCUT2D eigenvalue weighted by Crippen LogP contribution is -2.02. The minimum atomic E-state index is -0.153. The highest BCUT2D eigenvalue weighted by Gasteiger charge is 2.05. The Morgan fingerprint density at radius 1 is 1.06 bits per heavy atom. The van der Waals surface area contributed by atoms with Crippen molar-refractivity contribution in [3.63, 3.8) is 0 Å². The van der Waals surface area contributed by atoms with Gasteiger partial charge in [0.05, 0.1) is 0 Å². The van der Waals surface area contributed by atoms with Crippen molar-refractivity contribution < 1.29 is 4.39 Å². The second kappa shape index (κ2) is 8.68. The molecule has 0 fully saturated rings. The zero-order valence-electron chi connectivity index (χ0n) is 10.6. The average molecular weight is 301 g/mol. The van der Waals surface area contributed by atoms with Crippen LogP contribution in [0.5, 0.6) is 0 Å². The highest BCUT2D eigenvalue weighted by Crippen LogP contribution is 2.17. The van der Waals surface area contributed by atoms with E-state index in [1.54, 1.807) is 0 Å². The highest BCUT2D eigenvalue weighted by atomic mass is 79.9. The largest absolute Gasteiger partial charge is 0.207 e. The van der Waals surface area contributed by atoms with E-state index in [0.717, 1.165) is 6.42 Å². The lowest BCUT2D eigenvalue weighted by Gasteiger charge is -2.09. The lowest BCUT2D eigenvalue weighted by molar-refractivity contribution is 0.597. The van der Waals surface area contributed by atoms with Gasteiger partial charge in [-0.05, 0) is 30.5 Å². The third-order valence-electron chi connectivity index (χ3n) is 2.99. The first kappa shape index (κ1) is 14.7. The molecule has 0 aliphatic heterocycles. The zero-order valence-corrected chi connectivity index (χ0v) is 12.2. The van der Waals surface area contributed by atoms with Crippen LogP contribution in [-0.2, 0) is 6.42 Å². The third kappa shape index (κ3) is 6.82. The molecule has 0 saturated heterocycles. The molecule has 1 aromatic rings. The normalized spacial score (nSPS) is 12.6. The van der Waals surface area contributed by atoms with Crippen LogP contribution in [0.1, 0.15) is 51.0 Å². The minimum absolute atomic E-state index is 0.153. The molecule has 0 aliphatic carbocycles. The lowest BCUT2D eigenvalue weighted by atomic mass is 10.0. The van der Waals surface area contributed by atoms with Crippen LogP contribution < -0.4 is 0 Å². The van der Waals surface area contributed by atoms with Crippen molar-refractivity contribution in [2.75, 3.05) is 0 Å². The van der Waals surface area contributed by atoms with Gasteiger partial charge in [0.1, 0.15) is 5.82 Å². The zero-order chi connectivity index (χ0) is 12.5. The molecule has 2 heteroatoms. The van der Waals surface area contributed by atoms with E-state index in [1.807, 2.05) is 12.1 Å². The number of benzene rings is 1. The Balaban J connectivity index is 2.16. The van der Waals surface area contributed by atoms with Crippen LogP contribution >= 0.6 is 15.9 Å². The van der Waals surface area contributed by atoms with Gasteiger partial charge in [-0.2, -0.15) is 0 Å². The number of unbranched alkanes of at least 4 members (excludes halogenated alkanes) is 4.